The van der Waals surface area contributed by atoms with E-state index in [2.05, 4.69) is 33.4 Å². The molecule has 0 bridgehead atoms. The van der Waals surface area contributed by atoms with Crippen LogP contribution in [0.1, 0.15) is 12.0 Å². The minimum atomic E-state index is 0.0589. The molecule has 0 radical (unpaired) electrons. The lowest BCUT2D eigenvalue weighted by molar-refractivity contribution is -0.115. The van der Waals surface area contributed by atoms with Crippen molar-refractivity contribution in [2.75, 3.05) is 11.1 Å². The molecule has 0 fully saturated rings. The average molecular weight is 350 g/mol. The first kappa shape index (κ1) is 15.1. The molecule has 0 saturated carbocycles. The Bertz CT molecular complexity index is 559. The van der Waals surface area contributed by atoms with E-state index in [1.165, 1.54) is 5.56 Å². The number of thioether (sulfide) groups is 1. The van der Waals surface area contributed by atoms with Crippen molar-refractivity contribution in [3.8, 4) is 0 Å². The van der Waals surface area contributed by atoms with Crippen molar-refractivity contribution in [2.24, 2.45) is 0 Å². The van der Waals surface area contributed by atoms with Gasteiger partial charge in [0.25, 0.3) is 0 Å². The van der Waals surface area contributed by atoms with E-state index in [0.29, 0.717) is 6.42 Å². The zero-order valence-electron chi connectivity index (χ0n) is 11.0. The van der Waals surface area contributed by atoms with E-state index in [0.717, 1.165) is 21.7 Å². The highest BCUT2D eigenvalue weighted by Gasteiger charge is 2.03. The molecule has 104 valence electrons. The van der Waals surface area contributed by atoms with Gasteiger partial charge in [-0.15, -0.1) is 0 Å². The highest BCUT2D eigenvalue weighted by molar-refractivity contribution is 9.10. The second kappa shape index (κ2) is 8.12. The van der Waals surface area contributed by atoms with Gasteiger partial charge in [-0.05, 0) is 23.8 Å². The predicted octanol–water partition coefficient (Wildman–Crippen LogP) is 4.71. The third-order valence-electron chi connectivity index (χ3n) is 2.69. The molecule has 2 nitrogen and oxygen atoms in total. The van der Waals surface area contributed by atoms with Crippen LogP contribution < -0.4 is 5.32 Å². The van der Waals surface area contributed by atoms with E-state index in [4.69, 9.17) is 0 Å². The van der Waals surface area contributed by atoms with Crippen molar-refractivity contribution >= 4 is 39.3 Å². The number of rotatable bonds is 6. The van der Waals surface area contributed by atoms with Gasteiger partial charge in [-0.1, -0.05) is 52.3 Å². The van der Waals surface area contributed by atoms with Crippen LogP contribution in [0.2, 0.25) is 0 Å². The summed E-state index contributed by atoms with van der Waals surface area (Å²) in [4.78, 5) is 11.8. The molecule has 20 heavy (non-hydrogen) atoms. The third-order valence-corrected chi connectivity index (χ3v) is 4.22. The smallest absolute Gasteiger partial charge is 0.225 e. The summed E-state index contributed by atoms with van der Waals surface area (Å²) in [6.45, 7) is 0. The number of carbonyl (C=O) groups is 1. The lowest BCUT2D eigenvalue weighted by Crippen LogP contribution is -2.12. The van der Waals surface area contributed by atoms with Gasteiger partial charge in [-0.2, -0.15) is 11.8 Å². The summed E-state index contributed by atoms with van der Waals surface area (Å²) >= 11 is 5.16. The van der Waals surface area contributed by atoms with Crippen molar-refractivity contribution in [1.82, 2.24) is 0 Å². The number of anilines is 1. The van der Waals surface area contributed by atoms with Gasteiger partial charge >= 0.3 is 0 Å². The molecular formula is C16H16BrNOS. The van der Waals surface area contributed by atoms with Gasteiger partial charge in [0.05, 0.1) is 0 Å². The number of benzene rings is 2. The second-order valence-electron chi connectivity index (χ2n) is 4.35. The minimum absolute atomic E-state index is 0.0589. The van der Waals surface area contributed by atoms with Crippen molar-refractivity contribution < 1.29 is 4.79 Å². The Morgan fingerprint density at radius 2 is 1.90 bits per heavy atom. The Morgan fingerprint density at radius 1 is 1.10 bits per heavy atom. The molecule has 4 heteroatoms. The predicted molar refractivity (Wildman–Crippen MR) is 90.0 cm³/mol. The van der Waals surface area contributed by atoms with Gasteiger partial charge in [0, 0.05) is 28.1 Å². The Labute approximate surface area is 132 Å². The molecule has 0 aliphatic heterocycles. The topological polar surface area (TPSA) is 29.1 Å². The summed E-state index contributed by atoms with van der Waals surface area (Å²) in [5.74, 6) is 1.84. The molecular weight excluding hydrogens is 334 g/mol. The number of amides is 1. The van der Waals surface area contributed by atoms with Crippen LogP contribution in [0, 0.1) is 0 Å². The summed E-state index contributed by atoms with van der Waals surface area (Å²) in [5, 5.41) is 2.90. The van der Waals surface area contributed by atoms with E-state index < -0.39 is 0 Å². The highest BCUT2D eigenvalue weighted by Crippen LogP contribution is 2.17. The van der Waals surface area contributed by atoms with Crippen molar-refractivity contribution in [3.63, 3.8) is 0 Å². The minimum Gasteiger partial charge on any atom is -0.326 e. The zero-order chi connectivity index (χ0) is 14.2. The Hall–Kier alpha value is -1.26. The van der Waals surface area contributed by atoms with E-state index in [9.17, 15) is 4.79 Å². The van der Waals surface area contributed by atoms with Crippen LogP contribution in [-0.2, 0) is 10.5 Å². The standard InChI is InChI=1S/C16H16BrNOS/c17-14-7-4-8-15(11-14)18-16(19)9-10-20-12-13-5-2-1-3-6-13/h1-8,11H,9-10,12H2,(H,18,19). The molecule has 0 spiro atoms. The summed E-state index contributed by atoms with van der Waals surface area (Å²) in [6.07, 6.45) is 0.532. The zero-order valence-corrected chi connectivity index (χ0v) is 13.4. The third kappa shape index (κ3) is 5.39. The SMILES string of the molecule is O=C(CCSCc1ccccc1)Nc1cccc(Br)c1. The maximum absolute atomic E-state index is 11.8. The fourth-order valence-corrected chi connectivity index (χ4v) is 3.02. The van der Waals surface area contributed by atoms with Crippen LogP contribution in [0.3, 0.4) is 0 Å². The first-order valence-corrected chi connectivity index (χ1v) is 8.36. The fourth-order valence-electron chi connectivity index (χ4n) is 1.72. The molecule has 1 amide bonds. The molecule has 0 aromatic heterocycles. The largest absolute Gasteiger partial charge is 0.326 e. The first-order chi connectivity index (χ1) is 9.74. The normalized spacial score (nSPS) is 10.2. The molecule has 0 heterocycles. The summed E-state index contributed by atoms with van der Waals surface area (Å²) in [5.41, 5.74) is 2.13. The van der Waals surface area contributed by atoms with Gasteiger partial charge in [0.2, 0.25) is 5.91 Å². The van der Waals surface area contributed by atoms with E-state index in [-0.39, 0.29) is 5.91 Å². The first-order valence-electron chi connectivity index (χ1n) is 6.41. The Morgan fingerprint density at radius 3 is 2.65 bits per heavy atom. The van der Waals surface area contributed by atoms with E-state index >= 15 is 0 Å². The summed E-state index contributed by atoms with van der Waals surface area (Å²) < 4.78 is 0.966. The fraction of sp³-hybridized carbons (Fsp3) is 0.188. The van der Waals surface area contributed by atoms with Gasteiger partial charge in [-0.25, -0.2) is 0 Å². The van der Waals surface area contributed by atoms with Crippen molar-refractivity contribution in [2.45, 2.75) is 12.2 Å². The number of hydrogen-bond acceptors (Lipinski definition) is 2. The van der Waals surface area contributed by atoms with Gasteiger partial charge in [0.15, 0.2) is 0 Å². The molecule has 0 aliphatic carbocycles. The lowest BCUT2D eigenvalue weighted by Gasteiger charge is -2.05. The van der Waals surface area contributed by atoms with Gasteiger partial charge in [0.1, 0.15) is 0 Å². The van der Waals surface area contributed by atoms with Crippen LogP contribution in [0.4, 0.5) is 5.69 Å². The van der Waals surface area contributed by atoms with E-state index in [1.54, 1.807) is 11.8 Å². The molecule has 0 unspecified atom stereocenters. The number of carbonyl (C=O) groups excluding carboxylic acids is 1. The van der Waals surface area contributed by atoms with Gasteiger partial charge in [-0.3, -0.25) is 4.79 Å². The Kier molecular flexibility index (Phi) is 6.15. The molecule has 0 aliphatic rings. The van der Waals surface area contributed by atoms with Crippen molar-refractivity contribution in [3.05, 3.63) is 64.6 Å². The number of hydrogen-bond donors (Lipinski definition) is 1. The summed E-state index contributed by atoms with van der Waals surface area (Å²) in [6, 6.07) is 17.9. The lowest BCUT2D eigenvalue weighted by atomic mass is 10.2. The summed E-state index contributed by atoms with van der Waals surface area (Å²) in [7, 11) is 0. The molecule has 2 rings (SSSR count). The van der Waals surface area contributed by atoms with Gasteiger partial charge < -0.3 is 5.32 Å². The van der Waals surface area contributed by atoms with Crippen LogP contribution >= 0.6 is 27.7 Å². The van der Waals surface area contributed by atoms with Crippen LogP contribution in [0.5, 0.6) is 0 Å². The second-order valence-corrected chi connectivity index (χ2v) is 6.37. The molecule has 2 aromatic carbocycles. The van der Waals surface area contributed by atoms with Crippen LogP contribution in [0.15, 0.2) is 59.1 Å². The molecule has 0 saturated heterocycles. The van der Waals surface area contributed by atoms with Crippen molar-refractivity contribution in [1.29, 1.82) is 0 Å². The monoisotopic (exact) mass is 349 g/mol. The number of halogens is 1. The maximum Gasteiger partial charge on any atom is 0.225 e. The van der Waals surface area contributed by atoms with Crippen LogP contribution in [-0.4, -0.2) is 11.7 Å². The maximum atomic E-state index is 11.8. The Balaban J connectivity index is 1.68. The van der Waals surface area contributed by atoms with Crippen LogP contribution in [0.25, 0.3) is 0 Å². The molecule has 2 aromatic rings. The highest BCUT2D eigenvalue weighted by atomic mass is 79.9. The number of nitrogens with one attached hydrogen (secondary N) is 1. The quantitative estimate of drug-likeness (QED) is 0.765. The van der Waals surface area contributed by atoms with E-state index in [1.807, 2.05) is 42.5 Å². The average Bonchev–Trinajstić information content (AvgIpc) is 2.45. The molecule has 1 N–H and O–H groups in total. The molecule has 0 atom stereocenters.